The summed E-state index contributed by atoms with van der Waals surface area (Å²) in [6.45, 7) is 2.29. The maximum Gasteiger partial charge on any atom is 0.336 e. The molecule has 1 rings (SSSR count). The van der Waals surface area contributed by atoms with Crippen molar-refractivity contribution in [2.45, 2.75) is 57.9 Å². The van der Waals surface area contributed by atoms with Crippen LogP contribution in [0.25, 0.3) is 0 Å². The van der Waals surface area contributed by atoms with Crippen molar-refractivity contribution in [3.63, 3.8) is 0 Å². The summed E-state index contributed by atoms with van der Waals surface area (Å²) < 4.78 is 30.3. The van der Waals surface area contributed by atoms with Crippen molar-refractivity contribution in [3.05, 3.63) is 0 Å². The molecule has 0 atom stereocenters. The van der Waals surface area contributed by atoms with E-state index >= 15 is 0 Å². The SMILES string of the molecule is CCCCOS(=O)(=O)NC1CCCCC1. The Labute approximate surface area is 92.7 Å². The van der Waals surface area contributed by atoms with E-state index in [4.69, 9.17) is 4.18 Å². The van der Waals surface area contributed by atoms with Gasteiger partial charge >= 0.3 is 10.3 Å². The molecule has 1 saturated carbocycles. The van der Waals surface area contributed by atoms with Crippen LogP contribution < -0.4 is 4.72 Å². The first-order chi connectivity index (χ1) is 7.14. The molecule has 4 nitrogen and oxygen atoms in total. The fraction of sp³-hybridized carbons (Fsp3) is 1.00. The van der Waals surface area contributed by atoms with Gasteiger partial charge in [0.2, 0.25) is 0 Å². The van der Waals surface area contributed by atoms with Gasteiger partial charge in [-0.05, 0) is 19.3 Å². The third kappa shape index (κ3) is 5.49. The van der Waals surface area contributed by atoms with Crippen molar-refractivity contribution in [3.8, 4) is 0 Å². The Hall–Kier alpha value is -0.130. The first kappa shape index (κ1) is 12.9. The minimum Gasteiger partial charge on any atom is -0.258 e. The van der Waals surface area contributed by atoms with Gasteiger partial charge in [-0.3, -0.25) is 4.18 Å². The predicted molar refractivity (Wildman–Crippen MR) is 59.8 cm³/mol. The van der Waals surface area contributed by atoms with Gasteiger partial charge in [0, 0.05) is 6.04 Å². The van der Waals surface area contributed by atoms with E-state index in [0.717, 1.165) is 38.5 Å². The molecule has 1 aliphatic rings. The molecule has 0 radical (unpaired) electrons. The normalized spacial score (nSPS) is 19.3. The van der Waals surface area contributed by atoms with Crippen LogP contribution in [0.2, 0.25) is 0 Å². The third-order valence-corrected chi connectivity index (χ3v) is 3.75. The molecule has 0 spiro atoms. The highest BCUT2D eigenvalue weighted by molar-refractivity contribution is 7.84. The van der Waals surface area contributed by atoms with E-state index in [1.165, 1.54) is 6.42 Å². The van der Waals surface area contributed by atoms with Crippen molar-refractivity contribution in [2.75, 3.05) is 6.61 Å². The highest BCUT2D eigenvalue weighted by atomic mass is 32.2. The zero-order chi connectivity index (χ0) is 11.1. The van der Waals surface area contributed by atoms with Gasteiger partial charge in [-0.15, -0.1) is 0 Å². The second kappa shape index (κ2) is 6.45. The standard InChI is InChI=1S/C10H21NO3S/c1-2-3-9-14-15(12,13)11-10-7-5-4-6-8-10/h10-11H,2-9H2,1H3. The van der Waals surface area contributed by atoms with E-state index in [0.29, 0.717) is 6.61 Å². The van der Waals surface area contributed by atoms with E-state index in [9.17, 15) is 8.42 Å². The molecular formula is C10H21NO3S. The fourth-order valence-corrected chi connectivity index (χ4v) is 2.82. The minimum atomic E-state index is -3.50. The van der Waals surface area contributed by atoms with Crippen molar-refractivity contribution < 1.29 is 12.6 Å². The molecule has 15 heavy (non-hydrogen) atoms. The molecule has 0 unspecified atom stereocenters. The number of rotatable bonds is 6. The van der Waals surface area contributed by atoms with Gasteiger partial charge in [-0.1, -0.05) is 32.6 Å². The summed E-state index contributed by atoms with van der Waals surface area (Å²) >= 11 is 0. The number of unbranched alkanes of at least 4 members (excludes halogenated alkanes) is 1. The molecule has 1 fully saturated rings. The van der Waals surface area contributed by atoms with Crippen molar-refractivity contribution in [1.82, 2.24) is 4.72 Å². The maximum atomic E-state index is 11.4. The largest absolute Gasteiger partial charge is 0.336 e. The summed E-state index contributed by atoms with van der Waals surface area (Å²) in [5.74, 6) is 0. The van der Waals surface area contributed by atoms with E-state index in [1.807, 2.05) is 6.92 Å². The first-order valence-electron chi connectivity index (χ1n) is 5.81. The lowest BCUT2D eigenvalue weighted by Crippen LogP contribution is -2.37. The van der Waals surface area contributed by atoms with Gasteiger partial charge in [0.15, 0.2) is 0 Å². The Bertz CT molecular complexity index is 258. The Morgan fingerprint density at radius 3 is 2.53 bits per heavy atom. The molecule has 0 bridgehead atoms. The smallest absolute Gasteiger partial charge is 0.258 e. The molecule has 90 valence electrons. The molecule has 1 N–H and O–H groups in total. The van der Waals surface area contributed by atoms with Gasteiger partial charge < -0.3 is 0 Å². The average molecular weight is 235 g/mol. The van der Waals surface area contributed by atoms with Crippen LogP contribution in [-0.2, 0) is 14.5 Å². The quantitative estimate of drug-likeness (QED) is 0.716. The van der Waals surface area contributed by atoms with Crippen molar-refractivity contribution >= 4 is 10.3 Å². The van der Waals surface area contributed by atoms with Gasteiger partial charge in [-0.2, -0.15) is 13.1 Å². The Morgan fingerprint density at radius 2 is 1.93 bits per heavy atom. The topological polar surface area (TPSA) is 55.4 Å². The Kier molecular flexibility index (Phi) is 5.56. The summed E-state index contributed by atoms with van der Waals surface area (Å²) in [7, 11) is -3.50. The monoisotopic (exact) mass is 235 g/mol. The zero-order valence-electron chi connectivity index (χ0n) is 9.37. The van der Waals surface area contributed by atoms with E-state index in [2.05, 4.69) is 4.72 Å². The van der Waals surface area contributed by atoms with Crippen LogP contribution in [-0.4, -0.2) is 21.1 Å². The highest BCUT2D eigenvalue weighted by Gasteiger charge is 2.20. The molecule has 0 aromatic heterocycles. The van der Waals surface area contributed by atoms with Crippen LogP contribution in [0.3, 0.4) is 0 Å². The first-order valence-corrected chi connectivity index (χ1v) is 7.21. The van der Waals surface area contributed by atoms with Crippen LogP contribution in [0.4, 0.5) is 0 Å². The zero-order valence-corrected chi connectivity index (χ0v) is 10.2. The second-order valence-electron chi connectivity index (χ2n) is 4.08. The Morgan fingerprint density at radius 1 is 1.27 bits per heavy atom. The molecular weight excluding hydrogens is 214 g/mol. The molecule has 0 aromatic rings. The van der Waals surface area contributed by atoms with Gasteiger partial charge in [0.1, 0.15) is 0 Å². The van der Waals surface area contributed by atoms with Crippen molar-refractivity contribution in [1.29, 1.82) is 0 Å². The molecule has 0 aromatic carbocycles. The molecule has 0 amide bonds. The van der Waals surface area contributed by atoms with E-state index < -0.39 is 10.3 Å². The summed E-state index contributed by atoms with van der Waals surface area (Å²) in [6.07, 6.45) is 7.05. The minimum absolute atomic E-state index is 0.0883. The number of nitrogens with one attached hydrogen (secondary N) is 1. The molecule has 0 saturated heterocycles. The summed E-state index contributed by atoms with van der Waals surface area (Å²) in [5.41, 5.74) is 0. The van der Waals surface area contributed by atoms with Gasteiger partial charge in [-0.25, -0.2) is 0 Å². The van der Waals surface area contributed by atoms with Crippen LogP contribution in [0, 0.1) is 0 Å². The maximum absolute atomic E-state index is 11.4. The number of hydrogen-bond acceptors (Lipinski definition) is 3. The van der Waals surface area contributed by atoms with Crippen LogP contribution >= 0.6 is 0 Å². The third-order valence-electron chi connectivity index (χ3n) is 2.65. The molecule has 5 heteroatoms. The summed E-state index contributed by atoms with van der Waals surface area (Å²) in [4.78, 5) is 0. The van der Waals surface area contributed by atoms with E-state index in [1.54, 1.807) is 0 Å². The predicted octanol–water partition coefficient (Wildman–Crippen LogP) is 1.97. The Balaban J connectivity index is 2.27. The van der Waals surface area contributed by atoms with E-state index in [-0.39, 0.29) is 6.04 Å². The van der Waals surface area contributed by atoms with Crippen LogP contribution in [0.5, 0.6) is 0 Å². The molecule has 1 aliphatic carbocycles. The molecule has 0 aliphatic heterocycles. The highest BCUT2D eigenvalue weighted by Crippen LogP contribution is 2.18. The molecule has 0 heterocycles. The lowest BCUT2D eigenvalue weighted by Gasteiger charge is -2.22. The lowest BCUT2D eigenvalue weighted by molar-refractivity contribution is 0.293. The van der Waals surface area contributed by atoms with Crippen LogP contribution in [0.15, 0.2) is 0 Å². The van der Waals surface area contributed by atoms with Gasteiger partial charge in [0.05, 0.1) is 6.61 Å². The second-order valence-corrected chi connectivity index (χ2v) is 5.46. The van der Waals surface area contributed by atoms with Crippen molar-refractivity contribution in [2.24, 2.45) is 0 Å². The summed E-state index contributed by atoms with van der Waals surface area (Å²) in [5, 5.41) is 0. The van der Waals surface area contributed by atoms with Crippen LogP contribution in [0.1, 0.15) is 51.9 Å². The van der Waals surface area contributed by atoms with Gasteiger partial charge in [0.25, 0.3) is 0 Å². The lowest BCUT2D eigenvalue weighted by atomic mass is 9.96. The summed E-state index contributed by atoms with van der Waals surface area (Å²) in [6, 6.07) is 0.0883. The fourth-order valence-electron chi connectivity index (χ4n) is 1.77. The number of hydrogen-bond donors (Lipinski definition) is 1. The average Bonchev–Trinajstić information content (AvgIpc) is 2.18.